The van der Waals surface area contributed by atoms with Crippen LogP contribution in [-0.2, 0) is 22.4 Å². The quantitative estimate of drug-likeness (QED) is 0.283. The lowest BCUT2D eigenvalue weighted by Gasteiger charge is -2.17. The number of imidazole rings is 1. The number of hydrogen-bond donors (Lipinski definition) is 5. The van der Waals surface area contributed by atoms with Gasteiger partial charge in [0.1, 0.15) is 23.8 Å². The normalized spacial score (nSPS) is 22.3. The van der Waals surface area contributed by atoms with Crippen molar-refractivity contribution in [3.8, 4) is 0 Å². The van der Waals surface area contributed by atoms with E-state index in [-0.39, 0.29) is 17.7 Å². The molecule has 1 aliphatic heterocycles. The molecule has 3 heterocycles. The highest BCUT2D eigenvalue weighted by atomic mass is 16.6. The average Bonchev–Trinajstić information content (AvgIpc) is 3.36. The number of likely N-dealkylation sites (N-methyl/N-ethyl adjacent to an activating group) is 1. The van der Waals surface area contributed by atoms with E-state index in [0.29, 0.717) is 30.6 Å². The number of benzene rings is 1. The minimum absolute atomic E-state index is 0.0516. The molecule has 4 rings (SSSR count). The SMILES string of the molecule is CN(C)C(=O)Cc1ccc(CCNc2nc(N)c3ncn([C@@H]4O[C@H](CO)[C@@H](O)[C@H]4O)c3n2)cc1. The molecule has 1 aliphatic rings. The van der Waals surface area contributed by atoms with Crippen molar-refractivity contribution in [3.05, 3.63) is 41.7 Å². The van der Waals surface area contributed by atoms with Crippen LogP contribution < -0.4 is 11.1 Å². The zero-order valence-electron chi connectivity index (χ0n) is 19.0. The molecule has 6 N–H and O–H groups in total. The van der Waals surface area contributed by atoms with Crippen molar-refractivity contribution >= 4 is 28.8 Å². The third kappa shape index (κ3) is 4.80. The van der Waals surface area contributed by atoms with Gasteiger partial charge in [-0.05, 0) is 17.5 Å². The van der Waals surface area contributed by atoms with E-state index in [1.54, 1.807) is 19.0 Å². The van der Waals surface area contributed by atoms with Gasteiger partial charge in [-0.15, -0.1) is 0 Å². The lowest BCUT2D eigenvalue weighted by Crippen LogP contribution is -2.33. The zero-order valence-corrected chi connectivity index (χ0v) is 19.0. The number of anilines is 2. The number of rotatable bonds is 8. The van der Waals surface area contributed by atoms with Crippen molar-refractivity contribution in [2.24, 2.45) is 0 Å². The molecule has 1 fully saturated rings. The molecule has 0 aliphatic carbocycles. The van der Waals surface area contributed by atoms with Gasteiger partial charge in [-0.25, -0.2) is 4.98 Å². The highest BCUT2D eigenvalue weighted by Crippen LogP contribution is 2.32. The minimum atomic E-state index is -1.27. The number of carbonyl (C=O) groups excluding carboxylic acids is 1. The molecule has 0 unspecified atom stereocenters. The van der Waals surface area contributed by atoms with Crippen LogP contribution in [0.15, 0.2) is 30.6 Å². The average molecular weight is 472 g/mol. The number of aliphatic hydroxyl groups excluding tert-OH is 3. The first-order valence-corrected chi connectivity index (χ1v) is 10.9. The van der Waals surface area contributed by atoms with E-state index in [9.17, 15) is 20.1 Å². The molecule has 3 aromatic rings. The largest absolute Gasteiger partial charge is 0.394 e. The molecule has 4 atom stereocenters. The molecule has 182 valence electrons. The monoisotopic (exact) mass is 471 g/mol. The molecule has 0 radical (unpaired) electrons. The lowest BCUT2D eigenvalue weighted by molar-refractivity contribution is -0.127. The van der Waals surface area contributed by atoms with Crippen LogP contribution in [0, 0.1) is 0 Å². The van der Waals surface area contributed by atoms with Gasteiger partial charge in [0.15, 0.2) is 17.7 Å². The molecule has 1 aromatic carbocycles. The first-order valence-electron chi connectivity index (χ1n) is 10.9. The van der Waals surface area contributed by atoms with Crippen molar-refractivity contribution in [3.63, 3.8) is 0 Å². The van der Waals surface area contributed by atoms with E-state index >= 15 is 0 Å². The molecule has 1 saturated heterocycles. The van der Waals surface area contributed by atoms with Crippen molar-refractivity contribution in [1.29, 1.82) is 0 Å². The maximum Gasteiger partial charge on any atom is 0.226 e. The zero-order chi connectivity index (χ0) is 24.4. The van der Waals surface area contributed by atoms with Crippen molar-refractivity contribution in [2.75, 3.05) is 38.3 Å². The molecule has 12 heteroatoms. The number of nitrogens with one attached hydrogen (secondary N) is 1. The molecule has 2 aromatic heterocycles. The Morgan fingerprint density at radius 1 is 1.18 bits per heavy atom. The number of nitrogens with two attached hydrogens (primary N) is 1. The summed E-state index contributed by atoms with van der Waals surface area (Å²) in [5, 5.41) is 32.9. The summed E-state index contributed by atoms with van der Waals surface area (Å²) in [5.74, 6) is 0.496. The molecule has 12 nitrogen and oxygen atoms in total. The number of nitrogen functional groups attached to an aromatic ring is 1. The number of carbonyl (C=O) groups is 1. The lowest BCUT2D eigenvalue weighted by atomic mass is 10.1. The molecule has 0 bridgehead atoms. The Morgan fingerprint density at radius 3 is 2.53 bits per heavy atom. The van der Waals surface area contributed by atoms with E-state index in [4.69, 9.17) is 10.5 Å². The molecule has 1 amide bonds. The molecular formula is C22H29N7O5. The molecule has 0 saturated carbocycles. The Bertz CT molecular complexity index is 1150. The smallest absolute Gasteiger partial charge is 0.226 e. The van der Waals surface area contributed by atoms with Crippen LogP contribution in [0.3, 0.4) is 0 Å². The van der Waals surface area contributed by atoms with Crippen LogP contribution in [0.5, 0.6) is 0 Å². The van der Waals surface area contributed by atoms with Crippen LogP contribution in [0.2, 0.25) is 0 Å². The van der Waals surface area contributed by atoms with E-state index in [0.717, 1.165) is 11.1 Å². The molecular weight excluding hydrogens is 442 g/mol. The van der Waals surface area contributed by atoms with Gasteiger partial charge < -0.3 is 36.0 Å². The van der Waals surface area contributed by atoms with Crippen molar-refractivity contribution in [2.45, 2.75) is 37.4 Å². The summed E-state index contributed by atoms with van der Waals surface area (Å²) < 4.78 is 7.05. The summed E-state index contributed by atoms with van der Waals surface area (Å²) in [4.78, 5) is 26.3. The topological polar surface area (TPSA) is 172 Å². The number of ether oxygens (including phenoxy) is 1. The Hall–Kier alpha value is -3.32. The van der Waals surface area contributed by atoms with Crippen LogP contribution in [-0.4, -0.2) is 91.2 Å². The van der Waals surface area contributed by atoms with Gasteiger partial charge in [0.25, 0.3) is 0 Å². The van der Waals surface area contributed by atoms with E-state index < -0.39 is 31.1 Å². The number of aromatic nitrogens is 4. The predicted octanol–water partition coefficient (Wildman–Crippen LogP) is -0.695. The second-order valence-corrected chi connectivity index (χ2v) is 8.44. The van der Waals surface area contributed by atoms with Gasteiger partial charge in [-0.1, -0.05) is 24.3 Å². The summed E-state index contributed by atoms with van der Waals surface area (Å²) in [6, 6.07) is 7.85. The number of hydrogen-bond acceptors (Lipinski definition) is 10. The van der Waals surface area contributed by atoms with Gasteiger partial charge in [-0.3, -0.25) is 9.36 Å². The van der Waals surface area contributed by atoms with E-state index in [2.05, 4.69) is 20.3 Å². The highest BCUT2D eigenvalue weighted by molar-refractivity contribution is 5.83. The summed E-state index contributed by atoms with van der Waals surface area (Å²) in [7, 11) is 3.47. The number of fused-ring (bicyclic) bond motifs is 1. The Labute approximate surface area is 196 Å². The van der Waals surface area contributed by atoms with E-state index in [1.807, 2.05) is 24.3 Å². The first kappa shape index (κ1) is 23.8. The maximum absolute atomic E-state index is 11.8. The Balaban J connectivity index is 1.43. The number of amides is 1. The summed E-state index contributed by atoms with van der Waals surface area (Å²) in [6.07, 6.45) is -1.93. The van der Waals surface area contributed by atoms with Crippen molar-refractivity contribution < 1.29 is 24.9 Å². The van der Waals surface area contributed by atoms with Gasteiger partial charge >= 0.3 is 0 Å². The van der Waals surface area contributed by atoms with Crippen molar-refractivity contribution in [1.82, 2.24) is 24.4 Å². The summed E-state index contributed by atoms with van der Waals surface area (Å²) in [5.41, 5.74) is 8.76. The van der Waals surface area contributed by atoms with Gasteiger partial charge in [0, 0.05) is 20.6 Å². The third-order valence-electron chi connectivity index (χ3n) is 5.81. The van der Waals surface area contributed by atoms with Gasteiger partial charge in [-0.2, -0.15) is 9.97 Å². The fraction of sp³-hybridized carbons (Fsp3) is 0.455. The van der Waals surface area contributed by atoms with E-state index in [1.165, 1.54) is 10.9 Å². The van der Waals surface area contributed by atoms with Crippen LogP contribution in [0.4, 0.5) is 11.8 Å². The van der Waals surface area contributed by atoms with Crippen LogP contribution >= 0.6 is 0 Å². The number of nitrogens with zero attached hydrogens (tertiary/aromatic N) is 5. The molecule has 34 heavy (non-hydrogen) atoms. The highest BCUT2D eigenvalue weighted by Gasteiger charge is 2.44. The number of aliphatic hydroxyl groups is 3. The predicted molar refractivity (Wildman–Crippen MR) is 124 cm³/mol. The summed E-state index contributed by atoms with van der Waals surface area (Å²) >= 11 is 0. The summed E-state index contributed by atoms with van der Waals surface area (Å²) in [6.45, 7) is 0.0984. The molecule has 0 spiro atoms. The Morgan fingerprint density at radius 2 is 1.88 bits per heavy atom. The standard InChI is InChI=1S/C22H29N7O5/c1-28(2)15(31)9-13-5-3-12(4-6-13)7-8-24-22-26-19(23)16-20(27-22)29(11-25-16)21-18(33)17(32)14(10-30)34-21/h3-6,11,14,17-18,21,30,32-33H,7-10H2,1-2H3,(H3,23,24,26,27)/t14-,17-,18-,21-/m1/s1. The van der Waals surface area contributed by atoms with Crippen LogP contribution in [0.1, 0.15) is 17.4 Å². The fourth-order valence-corrected chi connectivity index (χ4v) is 3.79. The fourth-order valence-electron chi connectivity index (χ4n) is 3.79. The second kappa shape index (κ2) is 9.89. The maximum atomic E-state index is 11.8. The minimum Gasteiger partial charge on any atom is -0.394 e. The van der Waals surface area contributed by atoms with Gasteiger partial charge in [0.05, 0.1) is 19.4 Å². The second-order valence-electron chi connectivity index (χ2n) is 8.44. The van der Waals surface area contributed by atoms with Gasteiger partial charge in [0.2, 0.25) is 11.9 Å². The first-order chi connectivity index (χ1) is 16.3. The Kier molecular flexibility index (Phi) is 6.93. The third-order valence-corrected chi connectivity index (χ3v) is 5.81. The van der Waals surface area contributed by atoms with Crippen LogP contribution in [0.25, 0.3) is 11.2 Å².